The number of rotatable bonds is 7. The Hall–Kier alpha value is -3.20. The van der Waals surface area contributed by atoms with Gasteiger partial charge in [0, 0.05) is 28.5 Å². The summed E-state index contributed by atoms with van der Waals surface area (Å²) in [5.41, 5.74) is 7.90. The zero-order valence-corrected chi connectivity index (χ0v) is 19.4. The number of Topliss-reactive ketones (excluding diaryl/α,β-unsaturated/α-hetero) is 1. The van der Waals surface area contributed by atoms with Crippen molar-refractivity contribution in [2.75, 3.05) is 0 Å². The van der Waals surface area contributed by atoms with Crippen molar-refractivity contribution in [2.45, 2.75) is 52.4 Å². The Labute approximate surface area is 190 Å². The molecule has 3 aromatic rings. The standard InChI is InChI=1S/C29H31NO2/c1-5-29(6-2)25-17-21(27(31)16-19(3)4)12-14-23(25)24-15-13-22(18-26(24)29)28(30-32)20-10-8-7-9-11-20/h7-15,17-19,32H,5-6,16H2,1-4H3/b30-28-. The molecule has 164 valence electrons. The van der Waals surface area contributed by atoms with Crippen LogP contribution in [0.15, 0.2) is 71.9 Å². The van der Waals surface area contributed by atoms with Gasteiger partial charge in [0.15, 0.2) is 5.78 Å². The number of nitrogens with zero attached hydrogens (tertiary/aromatic N) is 1. The Morgan fingerprint density at radius 2 is 1.41 bits per heavy atom. The van der Waals surface area contributed by atoms with E-state index in [4.69, 9.17) is 0 Å². The molecule has 0 atom stereocenters. The van der Waals surface area contributed by atoms with Gasteiger partial charge in [0.05, 0.1) is 0 Å². The molecule has 0 saturated heterocycles. The lowest BCUT2D eigenvalue weighted by molar-refractivity contribution is 0.0967. The zero-order valence-electron chi connectivity index (χ0n) is 19.4. The number of carbonyl (C=O) groups excluding carboxylic acids is 1. The number of fused-ring (bicyclic) bond motifs is 3. The molecule has 0 unspecified atom stereocenters. The maximum absolute atomic E-state index is 12.8. The largest absolute Gasteiger partial charge is 0.410 e. The van der Waals surface area contributed by atoms with Gasteiger partial charge in [0.2, 0.25) is 0 Å². The number of ketones is 1. The molecule has 0 radical (unpaired) electrons. The number of hydrogen-bond acceptors (Lipinski definition) is 3. The van der Waals surface area contributed by atoms with Gasteiger partial charge in [0.25, 0.3) is 0 Å². The van der Waals surface area contributed by atoms with Gasteiger partial charge in [-0.2, -0.15) is 0 Å². The average Bonchev–Trinajstić information content (AvgIpc) is 3.08. The SMILES string of the molecule is CCC1(CC)c2cc(C(=O)CC(C)C)ccc2-c2ccc(/C(=N\O)c3ccccc3)cc21. The van der Waals surface area contributed by atoms with Crippen LogP contribution in [0.3, 0.4) is 0 Å². The fourth-order valence-corrected chi connectivity index (χ4v) is 5.19. The molecule has 0 aliphatic heterocycles. The third kappa shape index (κ3) is 3.56. The second-order valence-electron chi connectivity index (χ2n) is 9.15. The molecule has 0 amide bonds. The van der Waals surface area contributed by atoms with Gasteiger partial charge >= 0.3 is 0 Å². The molecule has 1 aliphatic rings. The summed E-state index contributed by atoms with van der Waals surface area (Å²) in [5.74, 6) is 0.547. The predicted molar refractivity (Wildman–Crippen MR) is 131 cm³/mol. The Morgan fingerprint density at radius 1 is 0.844 bits per heavy atom. The second kappa shape index (κ2) is 8.74. The van der Waals surface area contributed by atoms with Crippen LogP contribution in [-0.4, -0.2) is 16.7 Å². The van der Waals surface area contributed by atoms with Crippen molar-refractivity contribution in [3.8, 4) is 11.1 Å². The maximum Gasteiger partial charge on any atom is 0.163 e. The molecule has 1 aliphatic carbocycles. The van der Waals surface area contributed by atoms with Crippen molar-refractivity contribution in [3.63, 3.8) is 0 Å². The Kier molecular flexibility index (Phi) is 6.01. The average molecular weight is 426 g/mol. The molecule has 0 bridgehead atoms. The maximum atomic E-state index is 12.8. The lowest BCUT2D eigenvalue weighted by Gasteiger charge is -2.30. The van der Waals surface area contributed by atoms with Crippen LogP contribution in [0.2, 0.25) is 0 Å². The minimum atomic E-state index is -0.161. The van der Waals surface area contributed by atoms with Crippen LogP contribution in [0.25, 0.3) is 11.1 Å². The van der Waals surface area contributed by atoms with Crippen molar-refractivity contribution in [1.82, 2.24) is 0 Å². The third-order valence-electron chi connectivity index (χ3n) is 6.90. The van der Waals surface area contributed by atoms with Crippen LogP contribution in [0.5, 0.6) is 0 Å². The van der Waals surface area contributed by atoms with Gasteiger partial charge in [-0.15, -0.1) is 0 Å². The van der Waals surface area contributed by atoms with Gasteiger partial charge < -0.3 is 5.21 Å². The zero-order chi connectivity index (χ0) is 22.9. The molecular weight excluding hydrogens is 394 g/mol. The molecule has 3 nitrogen and oxygen atoms in total. The minimum absolute atomic E-state index is 0.161. The molecule has 0 aromatic heterocycles. The van der Waals surface area contributed by atoms with Crippen LogP contribution in [0.4, 0.5) is 0 Å². The van der Waals surface area contributed by atoms with Crippen LogP contribution in [0.1, 0.15) is 79.6 Å². The summed E-state index contributed by atoms with van der Waals surface area (Å²) >= 11 is 0. The first-order valence-corrected chi connectivity index (χ1v) is 11.6. The van der Waals surface area contributed by atoms with Gasteiger partial charge in [0.1, 0.15) is 5.71 Å². The van der Waals surface area contributed by atoms with Gasteiger partial charge in [-0.3, -0.25) is 4.79 Å². The lowest BCUT2D eigenvalue weighted by Crippen LogP contribution is -2.24. The van der Waals surface area contributed by atoms with Crippen molar-refractivity contribution in [3.05, 3.63) is 94.5 Å². The van der Waals surface area contributed by atoms with Gasteiger partial charge in [-0.05, 0) is 53.1 Å². The number of hydrogen-bond donors (Lipinski definition) is 1. The smallest absolute Gasteiger partial charge is 0.163 e. The molecular formula is C29H31NO2. The number of carbonyl (C=O) groups is 1. The van der Waals surface area contributed by atoms with E-state index in [0.29, 0.717) is 18.1 Å². The summed E-state index contributed by atoms with van der Waals surface area (Å²) in [5, 5.41) is 13.5. The van der Waals surface area contributed by atoms with E-state index in [1.165, 1.54) is 22.3 Å². The van der Waals surface area contributed by atoms with Crippen LogP contribution >= 0.6 is 0 Å². The van der Waals surface area contributed by atoms with E-state index in [0.717, 1.165) is 29.5 Å². The molecule has 3 heteroatoms. The van der Waals surface area contributed by atoms with Gasteiger partial charge in [-0.25, -0.2) is 0 Å². The molecule has 4 rings (SSSR count). The monoisotopic (exact) mass is 425 g/mol. The summed E-state index contributed by atoms with van der Waals surface area (Å²) in [7, 11) is 0. The van der Waals surface area contributed by atoms with Crippen molar-refractivity contribution in [1.29, 1.82) is 0 Å². The van der Waals surface area contributed by atoms with Crippen molar-refractivity contribution < 1.29 is 10.0 Å². The topological polar surface area (TPSA) is 49.7 Å². The van der Waals surface area contributed by atoms with E-state index in [2.05, 4.69) is 57.1 Å². The first kappa shape index (κ1) is 22.0. The third-order valence-corrected chi connectivity index (χ3v) is 6.90. The molecule has 0 heterocycles. The van der Waals surface area contributed by atoms with Crippen molar-refractivity contribution >= 4 is 11.5 Å². The van der Waals surface area contributed by atoms with E-state index >= 15 is 0 Å². The minimum Gasteiger partial charge on any atom is -0.410 e. The van der Waals surface area contributed by atoms with E-state index in [1.807, 2.05) is 42.5 Å². The molecule has 0 saturated carbocycles. The molecule has 3 aromatic carbocycles. The van der Waals surface area contributed by atoms with Crippen molar-refractivity contribution in [2.24, 2.45) is 11.1 Å². The second-order valence-corrected chi connectivity index (χ2v) is 9.15. The lowest BCUT2D eigenvalue weighted by atomic mass is 9.73. The van der Waals surface area contributed by atoms with E-state index in [1.54, 1.807) is 0 Å². The highest BCUT2D eigenvalue weighted by Gasteiger charge is 2.41. The first-order chi connectivity index (χ1) is 15.4. The normalized spacial score (nSPS) is 14.3. The summed E-state index contributed by atoms with van der Waals surface area (Å²) in [6.07, 6.45) is 2.44. The highest BCUT2D eigenvalue weighted by atomic mass is 16.4. The van der Waals surface area contributed by atoms with E-state index < -0.39 is 0 Å². The summed E-state index contributed by atoms with van der Waals surface area (Å²) in [4.78, 5) is 12.8. The van der Waals surface area contributed by atoms with E-state index in [-0.39, 0.29) is 11.2 Å². The quantitative estimate of drug-likeness (QED) is 0.188. The summed E-state index contributed by atoms with van der Waals surface area (Å²) in [6.45, 7) is 8.60. The highest BCUT2D eigenvalue weighted by Crippen LogP contribution is 2.53. The number of oxime groups is 1. The fourth-order valence-electron chi connectivity index (χ4n) is 5.19. The summed E-state index contributed by atoms with van der Waals surface area (Å²) in [6, 6.07) is 22.3. The van der Waals surface area contributed by atoms with E-state index in [9.17, 15) is 10.0 Å². The molecule has 0 fully saturated rings. The summed E-state index contributed by atoms with van der Waals surface area (Å²) < 4.78 is 0. The van der Waals surface area contributed by atoms with Gasteiger partial charge in [-0.1, -0.05) is 87.4 Å². The van der Waals surface area contributed by atoms with Crippen LogP contribution in [-0.2, 0) is 5.41 Å². The Morgan fingerprint density at radius 3 is 1.94 bits per heavy atom. The van der Waals surface area contributed by atoms with Crippen LogP contribution in [0, 0.1) is 5.92 Å². The molecule has 1 N–H and O–H groups in total. The predicted octanol–water partition coefficient (Wildman–Crippen LogP) is 7.23. The highest BCUT2D eigenvalue weighted by molar-refractivity contribution is 6.13. The molecule has 32 heavy (non-hydrogen) atoms. The Bertz CT molecular complexity index is 1170. The fraction of sp³-hybridized carbons (Fsp3) is 0.310. The number of benzene rings is 3. The Balaban J connectivity index is 1.85. The molecule has 0 spiro atoms. The first-order valence-electron chi connectivity index (χ1n) is 11.6. The van der Waals surface area contributed by atoms with Crippen LogP contribution < -0.4 is 0 Å².